The molecule has 1 aliphatic rings. The Morgan fingerprint density at radius 1 is 1.82 bits per heavy atom. The van der Waals surface area contributed by atoms with Crippen LogP contribution in [0.3, 0.4) is 0 Å². The minimum atomic E-state index is -2.47. The average Bonchev–Trinajstić information content (AvgIpc) is 2.30. The van der Waals surface area contributed by atoms with Crippen molar-refractivity contribution < 1.29 is 8.78 Å². The fourth-order valence-corrected chi connectivity index (χ4v) is 2.02. The third kappa shape index (κ3) is 1.99. The van der Waals surface area contributed by atoms with Gasteiger partial charge in [-0.2, -0.15) is 8.78 Å². The second-order valence-corrected chi connectivity index (χ2v) is 3.79. The fourth-order valence-electron chi connectivity index (χ4n) is 0.805. The largest absolute Gasteiger partial charge is 0.315 e. The van der Waals surface area contributed by atoms with E-state index in [-0.39, 0.29) is 5.37 Å². The third-order valence-electron chi connectivity index (χ3n) is 1.29. The number of alkyl halides is 2. The van der Waals surface area contributed by atoms with Crippen molar-refractivity contribution in [3.63, 3.8) is 0 Å². The Kier molecular flexibility index (Phi) is 3.01. The highest BCUT2D eigenvalue weighted by Crippen LogP contribution is 2.37. The van der Waals surface area contributed by atoms with Crippen molar-refractivity contribution in [3.8, 4) is 0 Å². The predicted molar refractivity (Wildman–Crippen MR) is 43.1 cm³/mol. The van der Waals surface area contributed by atoms with Gasteiger partial charge in [-0.25, -0.2) is 0 Å². The lowest BCUT2D eigenvalue weighted by Crippen LogP contribution is -2.29. The normalized spacial score (nSPS) is 24.6. The molecule has 1 heterocycles. The second-order valence-electron chi connectivity index (χ2n) is 2.00. The zero-order valence-electron chi connectivity index (χ0n) is 5.80. The molecule has 0 fully saturated rings. The molecule has 63 valence electrons. The molecule has 1 unspecified atom stereocenters. The molecule has 1 atom stereocenters. The molecule has 1 rings (SSSR count). The van der Waals surface area contributed by atoms with E-state index in [1.165, 1.54) is 18.0 Å². The van der Waals surface area contributed by atoms with Gasteiger partial charge in [0.05, 0.1) is 9.74 Å². The van der Waals surface area contributed by atoms with Crippen LogP contribution in [0.2, 0.25) is 0 Å². The molecule has 0 saturated heterocycles. The summed E-state index contributed by atoms with van der Waals surface area (Å²) < 4.78 is 24.7. The molecule has 0 aliphatic carbocycles. The Bertz CT molecular complexity index is 174. The summed E-state index contributed by atoms with van der Waals surface area (Å²) in [6, 6.07) is 0. The van der Waals surface area contributed by atoms with E-state index in [9.17, 15) is 8.78 Å². The first-order valence-electron chi connectivity index (χ1n) is 3.04. The molecule has 0 bridgehead atoms. The van der Waals surface area contributed by atoms with Crippen molar-refractivity contribution in [3.05, 3.63) is 17.0 Å². The van der Waals surface area contributed by atoms with Crippen molar-refractivity contribution in [1.29, 1.82) is 0 Å². The Labute approximate surface area is 73.4 Å². The maximum Gasteiger partial charge on any atom is 0.315 e. The minimum absolute atomic E-state index is 0.317. The molecule has 5 heteroatoms. The van der Waals surface area contributed by atoms with Crippen molar-refractivity contribution in [1.82, 2.24) is 4.90 Å². The summed E-state index contributed by atoms with van der Waals surface area (Å²) in [5.74, 6) is 0. The number of nitrogens with zero attached hydrogens (tertiary/aromatic N) is 1. The highest BCUT2D eigenvalue weighted by molar-refractivity contribution is 8.05. The van der Waals surface area contributed by atoms with E-state index in [0.717, 1.165) is 4.90 Å². The van der Waals surface area contributed by atoms with Gasteiger partial charge >= 0.3 is 6.55 Å². The first-order valence-corrected chi connectivity index (χ1v) is 4.30. The second kappa shape index (κ2) is 3.63. The van der Waals surface area contributed by atoms with E-state index in [4.69, 9.17) is 11.6 Å². The standard InChI is InChI=1S/C6H7ClF2NS/c1-2-5-10(6(8)9)3-4(7)11-5/h2-3,5-6H,1H3. The lowest BCUT2D eigenvalue weighted by atomic mass is 10.4. The monoisotopic (exact) mass is 198 g/mol. The van der Waals surface area contributed by atoms with Gasteiger partial charge in [0.2, 0.25) is 0 Å². The van der Waals surface area contributed by atoms with Crippen LogP contribution in [0.25, 0.3) is 0 Å². The third-order valence-corrected chi connectivity index (χ3v) is 2.74. The Balaban J connectivity index is 2.61. The van der Waals surface area contributed by atoms with Gasteiger partial charge in [-0.05, 0) is 6.42 Å². The zero-order chi connectivity index (χ0) is 8.43. The highest BCUT2D eigenvalue weighted by Gasteiger charge is 2.28. The number of rotatable bonds is 2. The molecule has 0 aromatic carbocycles. The van der Waals surface area contributed by atoms with Gasteiger partial charge in [-0.1, -0.05) is 30.3 Å². The summed E-state index contributed by atoms with van der Waals surface area (Å²) in [5.41, 5.74) is 0. The molecule has 0 saturated carbocycles. The first-order chi connectivity index (χ1) is 5.15. The van der Waals surface area contributed by atoms with Crippen LogP contribution in [0.5, 0.6) is 0 Å². The topological polar surface area (TPSA) is 3.24 Å². The Morgan fingerprint density at radius 2 is 2.45 bits per heavy atom. The Hall–Kier alpha value is 0.0400. The summed E-state index contributed by atoms with van der Waals surface area (Å²) >= 11 is 6.77. The molecule has 11 heavy (non-hydrogen) atoms. The van der Waals surface area contributed by atoms with E-state index in [2.05, 4.69) is 0 Å². The van der Waals surface area contributed by atoms with Gasteiger partial charge in [0, 0.05) is 6.20 Å². The quantitative estimate of drug-likeness (QED) is 0.628. The van der Waals surface area contributed by atoms with Crippen LogP contribution in [-0.4, -0.2) is 16.8 Å². The van der Waals surface area contributed by atoms with Gasteiger partial charge in [0.1, 0.15) is 0 Å². The molecule has 0 N–H and O–H groups in total. The van der Waals surface area contributed by atoms with Crippen molar-refractivity contribution in [2.75, 3.05) is 0 Å². The average molecular weight is 199 g/mol. The smallest absolute Gasteiger partial charge is 0.308 e. The van der Waals surface area contributed by atoms with Crippen LogP contribution < -0.4 is 0 Å². The van der Waals surface area contributed by atoms with Crippen LogP contribution in [0.1, 0.15) is 6.92 Å². The summed E-state index contributed by atoms with van der Waals surface area (Å²) in [4.78, 5) is 0.924. The summed E-state index contributed by atoms with van der Waals surface area (Å²) in [6.07, 6.45) is 2.95. The van der Waals surface area contributed by atoms with Crippen molar-refractivity contribution in [2.45, 2.75) is 18.8 Å². The van der Waals surface area contributed by atoms with Gasteiger partial charge in [0.15, 0.2) is 0 Å². The number of hydrogen-bond donors (Lipinski definition) is 0. The molecule has 1 aliphatic heterocycles. The summed E-state index contributed by atoms with van der Waals surface area (Å²) in [7, 11) is 0. The maximum absolute atomic E-state index is 12.1. The van der Waals surface area contributed by atoms with Gasteiger partial charge in [0.25, 0.3) is 0 Å². The van der Waals surface area contributed by atoms with Gasteiger partial charge in [-0.3, -0.25) is 0 Å². The van der Waals surface area contributed by atoms with E-state index in [1.807, 2.05) is 0 Å². The summed E-state index contributed by atoms with van der Waals surface area (Å²) in [6.45, 7) is -0.740. The molecule has 0 amide bonds. The minimum Gasteiger partial charge on any atom is -0.308 e. The lowest BCUT2D eigenvalue weighted by molar-refractivity contribution is 0.00637. The number of hydrogen-bond acceptors (Lipinski definition) is 2. The maximum atomic E-state index is 12.1. The van der Waals surface area contributed by atoms with Crippen LogP contribution in [0, 0.1) is 6.42 Å². The first kappa shape index (κ1) is 9.13. The van der Waals surface area contributed by atoms with Crippen molar-refractivity contribution >= 4 is 23.4 Å². The van der Waals surface area contributed by atoms with E-state index in [0.29, 0.717) is 4.36 Å². The molecular weight excluding hydrogens is 192 g/mol. The number of halogens is 3. The van der Waals surface area contributed by atoms with E-state index in [1.54, 1.807) is 13.3 Å². The molecule has 0 aromatic heterocycles. The summed E-state index contributed by atoms with van der Waals surface area (Å²) in [5, 5.41) is -0.317. The van der Waals surface area contributed by atoms with Crippen LogP contribution >= 0.6 is 23.4 Å². The predicted octanol–water partition coefficient (Wildman–Crippen LogP) is 2.85. The lowest BCUT2D eigenvalue weighted by Gasteiger charge is -2.21. The van der Waals surface area contributed by atoms with Crippen LogP contribution in [-0.2, 0) is 0 Å². The van der Waals surface area contributed by atoms with E-state index >= 15 is 0 Å². The molecule has 0 aromatic rings. The zero-order valence-corrected chi connectivity index (χ0v) is 7.37. The molecule has 0 spiro atoms. The van der Waals surface area contributed by atoms with Gasteiger partial charge < -0.3 is 4.90 Å². The van der Waals surface area contributed by atoms with Crippen molar-refractivity contribution in [2.24, 2.45) is 0 Å². The van der Waals surface area contributed by atoms with Crippen LogP contribution in [0.15, 0.2) is 10.6 Å². The Morgan fingerprint density at radius 3 is 2.82 bits per heavy atom. The molecular formula is C6H7ClF2NS. The highest BCUT2D eigenvalue weighted by atomic mass is 35.5. The van der Waals surface area contributed by atoms with Gasteiger partial charge in [-0.15, -0.1) is 0 Å². The van der Waals surface area contributed by atoms with Crippen LogP contribution in [0.4, 0.5) is 8.78 Å². The number of thioether (sulfide) groups is 1. The SMILES string of the molecule is C[CH]C1SC(Cl)=CN1C(F)F. The molecule has 1 radical (unpaired) electrons. The van der Waals surface area contributed by atoms with E-state index < -0.39 is 6.55 Å². The fraction of sp³-hybridized carbons (Fsp3) is 0.500. The molecule has 1 nitrogen and oxygen atoms in total.